The molecule has 100 valence electrons. The average Bonchev–Trinajstić information content (AvgIpc) is 3.18. The van der Waals surface area contributed by atoms with Crippen molar-refractivity contribution in [3.05, 3.63) is 17.6 Å². The van der Waals surface area contributed by atoms with Gasteiger partial charge in [-0.2, -0.15) is 0 Å². The van der Waals surface area contributed by atoms with Crippen molar-refractivity contribution in [1.29, 1.82) is 0 Å². The highest BCUT2D eigenvalue weighted by molar-refractivity contribution is 5.37. The predicted molar refractivity (Wildman–Crippen MR) is 64.1 cm³/mol. The lowest BCUT2D eigenvalue weighted by Crippen LogP contribution is -2.10. The van der Waals surface area contributed by atoms with Gasteiger partial charge in [-0.25, -0.2) is 18.7 Å². The van der Waals surface area contributed by atoms with E-state index in [1.165, 1.54) is 12.8 Å². The molecule has 1 N–H and O–H groups in total. The zero-order valence-electron chi connectivity index (χ0n) is 10.3. The third kappa shape index (κ3) is 3.87. The fraction of sp³-hybridized carbons (Fsp3) is 0.667. The quantitative estimate of drug-likeness (QED) is 0.761. The second-order valence-corrected chi connectivity index (χ2v) is 4.33. The van der Waals surface area contributed by atoms with Crippen LogP contribution in [0.3, 0.4) is 0 Å². The Morgan fingerprint density at radius 1 is 1.44 bits per heavy atom. The van der Waals surface area contributed by atoms with Crippen molar-refractivity contribution in [3.63, 3.8) is 0 Å². The molecule has 1 fully saturated rings. The lowest BCUT2D eigenvalue weighted by molar-refractivity contribution is 0.0183. The normalized spacial score (nSPS) is 15.1. The molecule has 0 unspecified atom stereocenters. The van der Waals surface area contributed by atoms with E-state index < -0.39 is 13.0 Å². The Hall–Kier alpha value is -1.30. The molecule has 1 aromatic rings. The van der Waals surface area contributed by atoms with Gasteiger partial charge in [0.15, 0.2) is 0 Å². The molecule has 18 heavy (non-hydrogen) atoms. The van der Waals surface area contributed by atoms with E-state index in [0.29, 0.717) is 18.2 Å². The lowest BCUT2D eigenvalue weighted by atomic mass is 10.2. The minimum atomic E-state index is -2.42. The van der Waals surface area contributed by atoms with Crippen LogP contribution in [0.15, 0.2) is 6.07 Å². The van der Waals surface area contributed by atoms with Crippen LogP contribution in [0.25, 0.3) is 0 Å². The van der Waals surface area contributed by atoms with E-state index in [1.54, 1.807) is 7.05 Å². The van der Waals surface area contributed by atoms with Gasteiger partial charge in [0.2, 0.25) is 0 Å². The van der Waals surface area contributed by atoms with Crippen molar-refractivity contribution < 1.29 is 13.5 Å². The molecule has 1 aliphatic rings. The second-order valence-electron chi connectivity index (χ2n) is 4.33. The third-order valence-corrected chi connectivity index (χ3v) is 2.76. The smallest absolute Gasteiger partial charge is 0.261 e. The van der Waals surface area contributed by atoms with Crippen molar-refractivity contribution in [3.8, 4) is 0 Å². The average molecular weight is 257 g/mol. The molecule has 0 atom stereocenters. The Kier molecular flexibility index (Phi) is 4.41. The molecule has 6 heteroatoms. The van der Waals surface area contributed by atoms with Crippen molar-refractivity contribution >= 4 is 5.82 Å². The Morgan fingerprint density at radius 3 is 2.83 bits per heavy atom. The zero-order valence-corrected chi connectivity index (χ0v) is 10.3. The minimum absolute atomic E-state index is 0.224. The summed E-state index contributed by atoms with van der Waals surface area (Å²) in [5, 5.41) is 2.99. The van der Waals surface area contributed by atoms with Crippen LogP contribution in [-0.2, 0) is 11.2 Å². The molecule has 0 bridgehead atoms. The summed E-state index contributed by atoms with van der Waals surface area (Å²) in [5.41, 5.74) is 1.04. The molecule has 2 rings (SSSR count). The molecule has 0 aliphatic heterocycles. The minimum Gasteiger partial charge on any atom is -0.375 e. The van der Waals surface area contributed by atoms with Gasteiger partial charge in [-0.15, -0.1) is 0 Å². The van der Waals surface area contributed by atoms with Crippen LogP contribution in [0.4, 0.5) is 14.6 Å². The monoisotopic (exact) mass is 257 g/mol. The van der Waals surface area contributed by atoms with Gasteiger partial charge in [-0.1, -0.05) is 0 Å². The second kappa shape index (κ2) is 6.04. The molecule has 1 aromatic heterocycles. The van der Waals surface area contributed by atoms with Gasteiger partial charge in [-0.05, 0) is 12.8 Å². The maximum absolute atomic E-state index is 11.9. The summed E-state index contributed by atoms with van der Waals surface area (Å²) in [7, 11) is 1.80. The fourth-order valence-corrected chi connectivity index (χ4v) is 1.68. The molecular weight excluding hydrogens is 240 g/mol. The van der Waals surface area contributed by atoms with Gasteiger partial charge >= 0.3 is 0 Å². The third-order valence-electron chi connectivity index (χ3n) is 2.76. The first-order chi connectivity index (χ1) is 8.69. The number of anilines is 1. The van der Waals surface area contributed by atoms with Crippen molar-refractivity contribution in [2.24, 2.45) is 0 Å². The summed E-state index contributed by atoms with van der Waals surface area (Å²) in [6, 6.07) is 1.95. The van der Waals surface area contributed by atoms with Crippen molar-refractivity contribution in [2.45, 2.75) is 31.6 Å². The van der Waals surface area contributed by atoms with Gasteiger partial charge in [0.1, 0.15) is 18.2 Å². The van der Waals surface area contributed by atoms with Crippen LogP contribution in [0.5, 0.6) is 0 Å². The summed E-state index contributed by atoms with van der Waals surface area (Å²) < 4.78 is 28.6. The SMILES string of the molecule is CNc1cc(C2CC2)nc(CCOCC(F)F)n1. The van der Waals surface area contributed by atoms with Gasteiger partial charge in [0.25, 0.3) is 6.43 Å². The van der Waals surface area contributed by atoms with Crippen LogP contribution < -0.4 is 5.32 Å². The number of rotatable bonds is 7. The molecular formula is C12H17F2N3O. The molecule has 1 heterocycles. The van der Waals surface area contributed by atoms with Gasteiger partial charge < -0.3 is 10.1 Å². The molecule has 0 saturated heterocycles. The summed E-state index contributed by atoms with van der Waals surface area (Å²) >= 11 is 0. The lowest BCUT2D eigenvalue weighted by Gasteiger charge is -2.07. The number of alkyl halides is 2. The van der Waals surface area contributed by atoms with E-state index in [4.69, 9.17) is 4.74 Å². The van der Waals surface area contributed by atoms with E-state index in [-0.39, 0.29) is 6.61 Å². The van der Waals surface area contributed by atoms with E-state index in [0.717, 1.165) is 11.5 Å². The standard InChI is InChI=1S/C12H17F2N3O/c1-15-12-6-9(8-2-3-8)16-11(17-12)4-5-18-7-10(13)14/h6,8,10H,2-5,7H2,1H3,(H,15,16,17). The largest absolute Gasteiger partial charge is 0.375 e. The summed E-state index contributed by atoms with van der Waals surface area (Å²) in [6.07, 6.45) is 0.377. The molecule has 0 amide bonds. The van der Waals surface area contributed by atoms with Crippen LogP contribution in [0.1, 0.15) is 30.3 Å². The zero-order chi connectivity index (χ0) is 13.0. The first-order valence-corrected chi connectivity index (χ1v) is 6.10. The number of aromatic nitrogens is 2. The highest BCUT2D eigenvalue weighted by atomic mass is 19.3. The summed E-state index contributed by atoms with van der Waals surface area (Å²) in [6.45, 7) is -0.303. The maximum atomic E-state index is 11.9. The van der Waals surface area contributed by atoms with Crippen LogP contribution in [-0.4, -0.2) is 36.7 Å². The number of halogens is 2. The van der Waals surface area contributed by atoms with Gasteiger partial charge in [0.05, 0.1) is 6.61 Å². The molecule has 1 saturated carbocycles. The molecule has 4 nitrogen and oxygen atoms in total. The molecule has 0 radical (unpaired) electrons. The molecule has 0 aromatic carbocycles. The summed E-state index contributed by atoms with van der Waals surface area (Å²) in [4.78, 5) is 8.73. The first-order valence-electron chi connectivity index (χ1n) is 6.10. The van der Waals surface area contributed by atoms with E-state index >= 15 is 0 Å². The van der Waals surface area contributed by atoms with E-state index in [1.807, 2.05) is 6.07 Å². The number of hydrogen-bond acceptors (Lipinski definition) is 4. The first kappa shape index (κ1) is 13.1. The van der Waals surface area contributed by atoms with Crippen LogP contribution in [0, 0.1) is 0 Å². The van der Waals surface area contributed by atoms with E-state index in [2.05, 4.69) is 15.3 Å². The number of nitrogens with one attached hydrogen (secondary N) is 1. The van der Waals surface area contributed by atoms with Crippen molar-refractivity contribution in [1.82, 2.24) is 9.97 Å². The van der Waals surface area contributed by atoms with Gasteiger partial charge in [-0.3, -0.25) is 0 Å². The van der Waals surface area contributed by atoms with Crippen molar-refractivity contribution in [2.75, 3.05) is 25.6 Å². The summed E-state index contributed by atoms with van der Waals surface area (Å²) in [5.74, 6) is 1.97. The predicted octanol–water partition coefficient (Wildman–Crippen LogP) is 2.22. The van der Waals surface area contributed by atoms with Crippen LogP contribution in [0.2, 0.25) is 0 Å². The Morgan fingerprint density at radius 2 is 2.22 bits per heavy atom. The Labute approximate surface area is 105 Å². The Bertz CT molecular complexity index is 397. The van der Waals surface area contributed by atoms with E-state index in [9.17, 15) is 8.78 Å². The molecule has 0 spiro atoms. The number of ether oxygens (including phenoxy) is 1. The van der Waals surface area contributed by atoms with Crippen LogP contribution >= 0.6 is 0 Å². The molecule has 1 aliphatic carbocycles. The highest BCUT2D eigenvalue weighted by Gasteiger charge is 2.26. The number of nitrogens with zero attached hydrogens (tertiary/aromatic N) is 2. The topological polar surface area (TPSA) is 47.0 Å². The highest BCUT2D eigenvalue weighted by Crippen LogP contribution is 2.39. The Balaban J connectivity index is 1.92. The number of hydrogen-bond donors (Lipinski definition) is 1. The fourth-order valence-electron chi connectivity index (χ4n) is 1.68. The maximum Gasteiger partial charge on any atom is 0.261 e. The van der Waals surface area contributed by atoms with Gasteiger partial charge in [0, 0.05) is 31.1 Å².